The Bertz CT molecular complexity index is 380. The van der Waals surface area contributed by atoms with E-state index in [1.807, 2.05) is 0 Å². The summed E-state index contributed by atoms with van der Waals surface area (Å²) >= 11 is 0. The molecule has 18 heavy (non-hydrogen) atoms. The highest BCUT2D eigenvalue weighted by Gasteiger charge is 2.05. The van der Waals surface area contributed by atoms with Crippen molar-refractivity contribution in [1.82, 2.24) is 4.90 Å². The predicted molar refractivity (Wildman–Crippen MR) is 76.4 cm³/mol. The van der Waals surface area contributed by atoms with Crippen molar-refractivity contribution in [2.75, 3.05) is 37.2 Å². The minimum atomic E-state index is -0.251. The molecule has 1 aromatic rings. The van der Waals surface area contributed by atoms with E-state index >= 15 is 0 Å². The van der Waals surface area contributed by atoms with Crippen LogP contribution in [0.4, 0.5) is 15.8 Å². The Kier molecular flexibility index (Phi) is 5.92. The second-order valence-corrected chi connectivity index (χ2v) is 4.55. The summed E-state index contributed by atoms with van der Waals surface area (Å²) < 4.78 is 13.2. The van der Waals surface area contributed by atoms with Gasteiger partial charge >= 0.3 is 0 Å². The number of aryl methyl sites for hydroxylation is 1. The van der Waals surface area contributed by atoms with Gasteiger partial charge in [-0.3, -0.25) is 0 Å². The summed E-state index contributed by atoms with van der Waals surface area (Å²) in [7, 11) is 0. The number of halogens is 1. The fourth-order valence-electron chi connectivity index (χ4n) is 1.94. The lowest BCUT2D eigenvalue weighted by Crippen LogP contribution is -2.29. The lowest BCUT2D eigenvalue weighted by atomic mass is 10.2. The first kappa shape index (κ1) is 14.8. The molecule has 0 radical (unpaired) electrons. The van der Waals surface area contributed by atoms with Crippen molar-refractivity contribution in [3.63, 3.8) is 0 Å². The molecule has 0 atom stereocenters. The van der Waals surface area contributed by atoms with Crippen molar-refractivity contribution in [3.8, 4) is 0 Å². The molecule has 0 aliphatic heterocycles. The quantitative estimate of drug-likeness (QED) is 0.734. The average Bonchev–Trinajstić information content (AvgIpc) is 2.34. The fourth-order valence-corrected chi connectivity index (χ4v) is 1.94. The largest absolute Gasteiger partial charge is 0.397 e. The minimum Gasteiger partial charge on any atom is -0.397 e. The zero-order valence-electron chi connectivity index (χ0n) is 11.6. The maximum Gasteiger partial charge on any atom is 0.128 e. The van der Waals surface area contributed by atoms with Crippen LogP contribution in [0.2, 0.25) is 0 Å². The van der Waals surface area contributed by atoms with E-state index in [-0.39, 0.29) is 5.82 Å². The molecule has 0 saturated heterocycles. The summed E-state index contributed by atoms with van der Waals surface area (Å²) in [6.07, 6.45) is 1.16. The number of rotatable bonds is 7. The van der Waals surface area contributed by atoms with Gasteiger partial charge in [0.1, 0.15) is 5.82 Å². The molecule has 1 aromatic carbocycles. The maximum atomic E-state index is 13.2. The third-order valence-corrected chi connectivity index (χ3v) is 3.06. The van der Waals surface area contributed by atoms with Crippen LogP contribution >= 0.6 is 0 Å². The van der Waals surface area contributed by atoms with Crippen LogP contribution in [0.3, 0.4) is 0 Å². The van der Waals surface area contributed by atoms with Crippen LogP contribution in [-0.2, 0) is 0 Å². The highest BCUT2D eigenvalue weighted by molar-refractivity contribution is 5.67. The van der Waals surface area contributed by atoms with Gasteiger partial charge in [0.25, 0.3) is 0 Å². The van der Waals surface area contributed by atoms with Crippen LogP contribution in [0, 0.1) is 12.7 Å². The molecule has 0 unspecified atom stereocenters. The van der Waals surface area contributed by atoms with Crippen molar-refractivity contribution < 1.29 is 4.39 Å². The van der Waals surface area contributed by atoms with Crippen molar-refractivity contribution in [1.29, 1.82) is 0 Å². The number of likely N-dealkylation sites (N-methyl/N-ethyl adjacent to an activating group) is 1. The van der Waals surface area contributed by atoms with Gasteiger partial charge < -0.3 is 16.0 Å². The summed E-state index contributed by atoms with van der Waals surface area (Å²) in [6.45, 7) is 10.0. The Balaban J connectivity index is 2.51. The molecule has 0 aliphatic carbocycles. The third-order valence-electron chi connectivity index (χ3n) is 3.06. The van der Waals surface area contributed by atoms with Crippen molar-refractivity contribution in [2.24, 2.45) is 0 Å². The monoisotopic (exact) mass is 253 g/mol. The molecule has 3 N–H and O–H groups in total. The van der Waals surface area contributed by atoms with Gasteiger partial charge in [-0.1, -0.05) is 13.8 Å². The lowest BCUT2D eigenvalue weighted by Gasteiger charge is -2.20. The molecule has 0 aromatic heterocycles. The van der Waals surface area contributed by atoms with Crippen molar-refractivity contribution in [2.45, 2.75) is 27.2 Å². The third kappa shape index (κ3) is 4.18. The first-order valence-electron chi connectivity index (χ1n) is 6.60. The topological polar surface area (TPSA) is 41.3 Å². The zero-order valence-corrected chi connectivity index (χ0v) is 11.6. The molecule has 0 spiro atoms. The highest BCUT2D eigenvalue weighted by Crippen LogP contribution is 2.22. The number of nitrogens with zero attached hydrogens (tertiary/aromatic N) is 1. The number of anilines is 2. The number of nitrogens with one attached hydrogen (secondary N) is 1. The summed E-state index contributed by atoms with van der Waals surface area (Å²) in [4.78, 5) is 2.37. The van der Waals surface area contributed by atoms with Gasteiger partial charge in [0.05, 0.1) is 11.4 Å². The van der Waals surface area contributed by atoms with E-state index in [2.05, 4.69) is 24.1 Å². The molecular formula is C14H24FN3. The van der Waals surface area contributed by atoms with E-state index in [4.69, 9.17) is 5.73 Å². The van der Waals surface area contributed by atoms with Crippen molar-refractivity contribution in [3.05, 3.63) is 23.5 Å². The van der Waals surface area contributed by atoms with E-state index in [1.54, 1.807) is 13.0 Å². The summed E-state index contributed by atoms with van der Waals surface area (Å²) in [5, 5.41) is 3.27. The Morgan fingerprint density at radius 3 is 2.61 bits per heavy atom. The van der Waals surface area contributed by atoms with E-state index < -0.39 is 0 Å². The van der Waals surface area contributed by atoms with E-state index in [1.165, 1.54) is 6.07 Å². The van der Waals surface area contributed by atoms with Gasteiger partial charge in [0.15, 0.2) is 0 Å². The second-order valence-electron chi connectivity index (χ2n) is 4.55. The minimum absolute atomic E-state index is 0.251. The Morgan fingerprint density at radius 1 is 1.28 bits per heavy atom. The predicted octanol–water partition coefficient (Wildman–Crippen LogP) is 2.86. The van der Waals surface area contributed by atoms with Crippen LogP contribution in [0.15, 0.2) is 12.1 Å². The van der Waals surface area contributed by atoms with Gasteiger partial charge in [-0.05, 0) is 44.1 Å². The second kappa shape index (κ2) is 7.21. The first-order valence-corrected chi connectivity index (χ1v) is 6.60. The number of hydrogen-bond donors (Lipinski definition) is 2. The molecule has 0 aliphatic rings. The van der Waals surface area contributed by atoms with Crippen LogP contribution < -0.4 is 11.1 Å². The summed E-state index contributed by atoms with van der Waals surface area (Å²) in [5.74, 6) is -0.251. The van der Waals surface area contributed by atoms with E-state index in [0.29, 0.717) is 11.3 Å². The normalized spacial score (nSPS) is 10.9. The molecule has 4 heteroatoms. The molecule has 0 bridgehead atoms. The SMILES string of the molecule is CCCN(CC)CCNc1cc(C)c(F)cc1N. The van der Waals surface area contributed by atoms with Crippen LogP contribution in [0.25, 0.3) is 0 Å². The lowest BCUT2D eigenvalue weighted by molar-refractivity contribution is 0.300. The smallest absolute Gasteiger partial charge is 0.128 e. The molecule has 0 heterocycles. The number of nitrogen functional groups attached to an aromatic ring is 1. The number of nitrogens with two attached hydrogens (primary N) is 1. The van der Waals surface area contributed by atoms with Crippen LogP contribution in [-0.4, -0.2) is 31.1 Å². The molecule has 102 valence electrons. The molecule has 1 rings (SSSR count). The fraction of sp³-hybridized carbons (Fsp3) is 0.571. The van der Waals surface area contributed by atoms with E-state index in [9.17, 15) is 4.39 Å². The summed E-state index contributed by atoms with van der Waals surface area (Å²) in [5.41, 5.74) is 7.69. The van der Waals surface area contributed by atoms with Gasteiger partial charge in [-0.25, -0.2) is 4.39 Å². The number of hydrogen-bond acceptors (Lipinski definition) is 3. The van der Waals surface area contributed by atoms with Crippen molar-refractivity contribution >= 4 is 11.4 Å². The molecular weight excluding hydrogens is 229 g/mol. The first-order chi connectivity index (χ1) is 8.58. The number of benzene rings is 1. The van der Waals surface area contributed by atoms with Gasteiger partial charge in [-0.2, -0.15) is 0 Å². The Hall–Kier alpha value is -1.29. The van der Waals surface area contributed by atoms with Gasteiger partial charge in [0.2, 0.25) is 0 Å². The van der Waals surface area contributed by atoms with E-state index in [0.717, 1.165) is 38.3 Å². The molecule has 3 nitrogen and oxygen atoms in total. The Morgan fingerprint density at radius 2 is 2.00 bits per heavy atom. The summed E-state index contributed by atoms with van der Waals surface area (Å²) in [6, 6.07) is 3.14. The van der Waals surface area contributed by atoms with Gasteiger partial charge in [-0.15, -0.1) is 0 Å². The van der Waals surface area contributed by atoms with Gasteiger partial charge in [0, 0.05) is 13.1 Å². The Labute approximate surface area is 109 Å². The zero-order chi connectivity index (χ0) is 13.5. The highest BCUT2D eigenvalue weighted by atomic mass is 19.1. The molecule has 0 amide bonds. The maximum absolute atomic E-state index is 13.2. The molecule has 0 saturated carbocycles. The van der Waals surface area contributed by atoms with Crippen LogP contribution in [0.1, 0.15) is 25.8 Å². The average molecular weight is 253 g/mol. The molecule has 0 fully saturated rings. The standard InChI is InChI=1S/C14H24FN3/c1-4-7-18(5-2)8-6-17-14-9-11(3)12(15)10-13(14)16/h9-10,17H,4-8,16H2,1-3H3. The van der Waals surface area contributed by atoms with Crippen LogP contribution in [0.5, 0.6) is 0 Å².